The molecule has 1 heterocycles. The van der Waals surface area contributed by atoms with Gasteiger partial charge in [0.15, 0.2) is 0 Å². The topological polar surface area (TPSA) is 26.0 Å². The maximum atomic E-state index is 5.81. The molecule has 2 rings (SSSR count). The summed E-state index contributed by atoms with van der Waals surface area (Å²) in [4.78, 5) is 0. The van der Waals surface area contributed by atoms with E-state index >= 15 is 0 Å². The summed E-state index contributed by atoms with van der Waals surface area (Å²) in [7, 11) is 0. The van der Waals surface area contributed by atoms with E-state index in [1.54, 1.807) is 11.3 Å². The molecule has 0 spiro atoms. The normalized spacial score (nSPS) is 10.8. The lowest BCUT2D eigenvalue weighted by molar-refractivity contribution is 1.73. The third kappa shape index (κ3) is 1.31. The molecule has 0 saturated heterocycles. The lowest BCUT2D eigenvalue weighted by Crippen LogP contribution is -1.84. The van der Waals surface area contributed by atoms with Crippen LogP contribution in [0.5, 0.6) is 0 Å². The Bertz CT molecular complexity index is 397. The zero-order chi connectivity index (χ0) is 8.72. The molecule has 0 atom stereocenters. The zero-order valence-corrected chi connectivity index (χ0v) is 9.91. The summed E-state index contributed by atoms with van der Waals surface area (Å²) in [5, 5.41) is 1.12. The van der Waals surface area contributed by atoms with E-state index in [1.807, 2.05) is 18.2 Å². The van der Waals surface area contributed by atoms with Crippen molar-refractivity contribution in [3.8, 4) is 0 Å². The Morgan fingerprint density at radius 2 is 2.17 bits per heavy atom. The quantitative estimate of drug-likeness (QED) is 0.435. The van der Waals surface area contributed by atoms with E-state index in [0.29, 0.717) is 0 Å². The van der Waals surface area contributed by atoms with Crippen LogP contribution in [0.4, 0.5) is 5.69 Å². The summed E-state index contributed by atoms with van der Waals surface area (Å²) >= 11 is 8.28. The van der Waals surface area contributed by atoms with Gasteiger partial charge in [0, 0.05) is 14.6 Å². The van der Waals surface area contributed by atoms with Gasteiger partial charge in [0.2, 0.25) is 0 Å². The van der Waals surface area contributed by atoms with Gasteiger partial charge in [-0.3, -0.25) is 0 Å². The van der Waals surface area contributed by atoms with Crippen molar-refractivity contribution in [3.05, 3.63) is 21.8 Å². The van der Waals surface area contributed by atoms with Gasteiger partial charge in [-0.05, 0) is 40.8 Å². The lowest BCUT2D eigenvalue weighted by atomic mass is 10.2. The Labute approximate surface area is 93.5 Å². The fraction of sp³-hybridized carbons (Fsp3) is 0. The molecule has 0 radical (unpaired) electrons. The number of rotatable bonds is 0. The van der Waals surface area contributed by atoms with Gasteiger partial charge >= 0.3 is 0 Å². The van der Waals surface area contributed by atoms with Crippen LogP contribution in [-0.2, 0) is 0 Å². The van der Waals surface area contributed by atoms with Crippen LogP contribution in [0.3, 0.4) is 0 Å². The highest BCUT2D eigenvalue weighted by atomic mass is 127. The SMILES string of the molecule is Nc1ccc(I)c2sc(S)cc12. The van der Waals surface area contributed by atoms with Crippen molar-refractivity contribution < 1.29 is 0 Å². The summed E-state index contributed by atoms with van der Waals surface area (Å²) in [5.41, 5.74) is 6.64. The largest absolute Gasteiger partial charge is 0.398 e. The average molecular weight is 307 g/mol. The van der Waals surface area contributed by atoms with E-state index in [-0.39, 0.29) is 0 Å². The summed E-state index contributed by atoms with van der Waals surface area (Å²) in [6, 6.07) is 5.98. The maximum Gasteiger partial charge on any atom is 0.0581 e. The molecule has 1 nitrogen and oxygen atoms in total. The molecule has 12 heavy (non-hydrogen) atoms. The van der Waals surface area contributed by atoms with Crippen molar-refractivity contribution in [1.82, 2.24) is 0 Å². The number of nitrogen functional groups attached to an aromatic ring is 1. The van der Waals surface area contributed by atoms with E-state index in [2.05, 4.69) is 35.2 Å². The lowest BCUT2D eigenvalue weighted by Gasteiger charge is -1.96. The van der Waals surface area contributed by atoms with E-state index in [4.69, 9.17) is 5.73 Å². The average Bonchev–Trinajstić information content (AvgIpc) is 2.41. The number of fused-ring (bicyclic) bond motifs is 1. The number of thiol groups is 1. The minimum absolute atomic E-state index is 0.835. The molecule has 1 aromatic carbocycles. The zero-order valence-electron chi connectivity index (χ0n) is 6.04. The van der Waals surface area contributed by atoms with Crippen LogP contribution < -0.4 is 5.73 Å². The standard InChI is InChI=1S/C8H6INS2/c9-5-1-2-6(10)4-3-7(11)12-8(4)5/h1-3,11H,10H2. The Kier molecular flexibility index (Phi) is 2.22. The summed E-state index contributed by atoms with van der Waals surface area (Å²) in [6.45, 7) is 0. The summed E-state index contributed by atoms with van der Waals surface area (Å²) in [5.74, 6) is 0. The van der Waals surface area contributed by atoms with Gasteiger partial charge in [0.05, 0.1) is 8.91 Å². The van der Waals surface area contributed by atoms with Crippen LogP contribution >= 0.6 is 46.6 Å². The van der Waals surface area contributed by atoms with Gasteiger partial charge < -0.3 is 5.73 Å². The minimum atomic E-state index is 0.835. The van der Waals surface area contributed by atoms with E-state index in [0.717, 1.165) is 15.3 Å². The summed E-state index contributed by atoms with van der Waals surface area (Å²) < 4.78 is 3.49. The molecular formula is C8H6INS2. The number of anilines is 1. The van der Waals surface area contributed by atoms with E-state index in [1.165, 1.54) is 8.27 Å². The van der Waals surface area contributed by atoms with Crippen LogP contribution in [0.15, 0.2) is 22.4 Å². The minimum Gasteiger partial charge on any atom is -0.398 e. The molecule has 4 heteroatoms. The fourth-order valence-corrected chi connectivity index (χ4v) is 3.14. The van der Waals surface area contributed by atoms with Gasteiger partial charge in [0.25, 0.3) is 0 Å². The molecule has 1 aromatic heterocycles. The highest BCUT2D eigenvalue weighted by Crippen LogP contribution is 2.34. The van der Waals surface area contributed by atoms with Crippen molar-refractivity contribution in [2.45, 2.75) is 4.21 Å². The van der Waals surface area contributed by atoms with Crippen molar-refractivity contribution in [1.29, 1.82) is 0 Å². The first kappa shape index (κ1) is 8.65. The highest BCUT2D eigenvalue weighted by Gasteiger charge is 2.05. The van der Waals surface area contributed by atoms with Crippen LogP contribution in [-0.4, -0.2) is 0 Å². The second kappa shape index (κ2) is 3.08. The molecule has 62 valence electrons. The Hall–Kier alpha value is 0.0600. The monoisotopic (exact) mass is 307 g/mol. The molecule has 2 N–H and O–H groups in total. The van der Waals surface area contributed by atoms with Crippen LogP contribution in [0.25, 0.3) is 10.1 Å². The third-order valence-electron chi connectivity index (χ3n) is 1.66. The second-order valence-electron chi connectivity index (χ2n) is 2.46. The van der Waals surface area contributed by atoms with Crippen molar-refractivity contribution in [2.24, 2.45) is 0 Å². The maximum absolute atomic E-state index is 5.81. The van der Waals surface area contributed by atoms with Gasteiger partial charge in [-0.2, -0.15) is 0 Å². The first-order valence-corrected chi connectivity index (χ1v) is 5.69. The predicted octanol–water partition coefficient (Wildman–Crippen LogP) is 3.38. The second-order valence-corrected chi connectivity index (χ2v) is 5.46. The Balaban J connectivity index is 2.93. The van der Waals surface area contributed by atoms with Crippen molar-refractivity contribution in [3.63, 3.8) is 0 Å². The van der Waals surface area contributed by atoms with Gasteiger partial charge in [-0.1, -0.05) is 0 Å². The van der Waals surface area contributed by atoms with E-state index in [9.17, 15) is 0 Å². The van der Waals surface area contributed by atoms with Gasteiger partial charge in [-0.25, -0.2) is 0 Å². The number of benzene rings is 1. The number of nitrogens with two attached hydrogens (primary N) is 1. The number of hydrogen-bond acceptors (Lipinski definition) is 3. The third-order valence-corrected chi connectivity index (χ3v) is 4.30. The van der Waals surface area contributed by atoms with E-state index < -0.39 is 0 Å². The molecule has 0 aliphatic carbocycles. The van der Waals surface area contributed by atoms with Crippen LogP contribution in [0.2, 0.25) is 0 Å². The Morgan fingerprint density at radius 1 is 1.42 bits per heavy atom. The molecular weight excluding hydrogens is 301 g/mol. The molecule has 0 amide bonds. The molecule has 0 aliphatic heterocycles. The highest BCUT2D eigenvalue weighted by molar-refractivity contribution is 14.1. The molecule has 0 saturated carbocycles. The number of thiophene rings is 1. The first-order valence-electron chi connectivity index (χ1n) is 3.35. The number of hydrogen-bond donors (Lipinski definition) is 2. The van der Waals surface area contributed by atoms with Crippen molar-refractivity contribution in [2.75, 3.05) is 5.73 Å². The summed E-state index contributed by atoms with van der Waals surface area (Å²) in [6.07, 6.45) is 0. The Morgan fingerprint density at radius 3 is 2.83 bits per heavy atom. The van der Waals surface area contributed by atoms with Crippen molar-refractivity contribution >= 4 is 62.3 Å². The van der Waals surface area contributed by atoms with Gasteiger partial charge in [0.1, 0.15) is 0 Å². The fourth-order valence-electron chi connectivity index (χ4n) is 1.10. The smallest absolute Gasteiger partial charge is 0.0581 e. The predicted molar refractivity (Wildman–Crippen MR) is 66.2 cm³/mol. The molecule has 0 fully saturated rings. The van der Waals surface area contributed by atoms with Crippen LogP contribution in [0.1, 0.15) is 0 Å². The molecule has 0 aliphatic rings. The first-order chi connectivity index (χ1) is 5.68. The van der Waals surface area contributed by atoms with Crippen LogP contribution in [0, 0.1) is 3.57 Å². The molecule has 2 aromatic rings. The molecule has 0 unspecified atom stereocenters. The molecule has 0 bridgehead atoms. The van der Waals surface area contributed by atoms with Gasteiger partial charge in [-0.15, -0.1) is 24.0 Å². The number of halogens is 1.